The molecule has 0 bridgehead atoms. The van der Waals surface area contributed by atoms with Gasteiger partial charge in [0.25, 0.3) is 5.91 Å². The van der Waals surface area contributed by atoms with Gasteiger partial charge in [-0.3, -0.25) is 4.79 Å². The Balaban J connectivity index is 1.90. The third-order valence-corrected chi connectivity index (χ3v) is 3.30. The van der Waals surface area contributed by atoms with Gasteiger partial charge in [0.2, 0.25) is 5.28 Å². The van der Waals surface area contributed by atoms with E-state index in [0.29, 0.717) is 17.1 Å². The van der Waals surface area contributed by atoms with Crippen molar-refractivity contribution in [2.45, 2.75) is 19.4 Å². The zero-order chi connectivity index (χ0) is 15.9. The third-order valence-electron chi connectivity index (χ3n) is 3.12. The average Bonchev–Trinajstić information content (AvgIpc) is 2.44. The number of carbonyl (C=O) groups is 1. The number of aromatic nitrogens is 2. The van der Waals surface area contributed by atoms with Crippen molar-refractivity contribution in [3.63, 3.8) is 0 Å². The number of hydrogen-bond acceptors (Lipinski definition) is 5. The van der Waals surface area contributed by atoms with Crippen LogP contribution >= 0.6 is 11.6 Å². The molecule has 0 saturated carbocycles. The molecule has 22 heavy (non-hydrogen) atoms. The first-order valence-corrected chi connectivity index (χ1v) is 6.82. The van der Waals surface area contributed by atoms with Crippen molar-refractivity contribution >= 4 is 34.7 Å². The number of nitrogens with one attached hydrogen (secondary N) is 2. The van der Waals surface area contributed by atoms with Crippen molar-refractivity contribution in [1.82, 2.24) is 9.97 Å². The first-order valence-electron chi connectivity index (χ1n) is 6.45. The van der Waals surface area contributed by atoms with Crippen LogP contribution in [0.1, 0.15) is 13.8 Å². The first-order chi connectivity index (χ1) is 10.3. The fourth-order valence-corrected chi connectivity index (χ4v) is 2.09. The third kappa shape index (κ3) is 2.67. The summed E-state index contributed by atoms with van der Waals surface area (Å²) >= 11 is 5.64. The van der Waals surface area contributed by atoms with Crippen molar-refractivity contribution in [3.05, 3.63) is 35.5 Å². The fourth-order valence-electron chi connectivity index (χ4n) is 1.96. The molecule has 1 aliphatic rings. The molecule has 6 nitrogen and oxygen atoms in total. The molecule has 1 aliphatic heterocycles. The molecule has 0 spiro atoms. The van der Waals surface area contributed by atoms with E-state index in [1.807, 2.05) is 0 Å². The maximum absolute atomic E-state index is 13.6. The predicted molar refractivity (Wildman–Crippen MR) is 80.1 cm³/mol. The first kappa shape index (κ1) is 14.5. The van der Waals surface area contributed by atoms with E-state index in [1.165, 1.54) is 0 Å². The molecule has 0 atom stereocenters. The Hall–Kier alpha value is -2.41. The lowest BCUT2D eigenvalue weighted by atomic mass is 10.1. The van der Waals surface area contributed by atoms with Gasteiger partial charge in [-0.15, -0.1) is 0 Å². The van der Waals surface area contributed by atoms with Crippen LogP contribution in [0.5, 0.6) is 5.75 Å². The highest BCUT2D eigenvalue weighted by atomic mass is 35.5. The second kappa shape index (κ2) is 5.10. The minimum absolute atomic E-state index is 0.0525. The van der Waals surface area contributed by atoms with Crippen molar-refractivity contribution in [3.8, 4) is 5.75 Å². The van der Waals surface area contributed by atoms with Crippen LogP contribution in [0.15, 0.2) is 24.4 Å². The van der Waals surface area contributed by atoms with Crippen molar-refractivity contribution in [2.24, 2.45) is 0 Å². The van der Waals surface area contributed by atoms with Crippen LogP contribution in [0.4, 0.5) is 21.6 Å². The summed E-state index contributed by atoms with van der Waals surface area (Å²) in [5, 5.41) is 5.46. The summed E-state index contributed by atoms with van der Waals surface area (Å²) < 4.78 is 19.2. The molecule has 2 N–H and O–H groups in total. The lowest BCUT2D eigenvalue weighted by Crippen LogP contribution is -2.45. The molecular weight excluding hydrogens is 311 g/mol. The maximum Gasteiger partial charge on any atom is 0.268 e. The number of rotatable bonds is 2. The van der Waals surface area contributed by atoms with E-state index in [-0.39, 0.29) is 17.0 Å². The summed E-state index contributed by atoms with van der Waals surface area (Å²) in [7, 11) is 0. The van der Waals surface area contributed by atoms with E-state index in [9.17, 15) is 9.18 Å². The Morgan fingerprint density at radius 1 is 1.41 bits per heavy atom. The van der Waals surface area contributed by atoms with E-state index < -0.39 is 11.4 Å². The SMILES string of the molecule is CC1(C)Oc2ccc(Nc3nc(Cl)ncc3F)cc2NC1=O. The van der Waals surface area contributed by atoms with Crippen LogP contribution in [0.25, 0.3) is 0 Å². The number of nitrogens with zero attached hydrogens (tertiary/aromatic N) is 2. The van der Waals surface area contributed by atoms with E-state index in [1.54, 1.807) is 32.0 Å². The second-order valence-corrected chi connectivity index (χ2v) is 5.58. The monoisotopic (exact) mass is 322 g/mol. The molecule has 0 radical (unpaired) electrons. The van der Waals surface area contributed by atoms with Crippen molar-refractivity contribution in [2.75, 3.05) is 10.6 Å². The number of fused-ring (bicyclic) bond motifs is 1. The van der Waals surface area contributed by atoms with Gasteiger partial charge in [0, 0.05) is 5.69 Å². The highest BCUT2D eigenvalue weighted by Crippen LogP contribution is 2.36. The van der Waals surface area contributed by atoms with Crippen LogP contribution in [0, 0.1) is 5.82 Å². The molecule has 0 aliphatic carbocycles. The summed E-state index contributed by atoms with van der Waals surface area (Å²) in [6.07, 6.45) is 0.976. The summed E-state index contributed by atoms with van der Waals surface area (Å²) in [6.45, 7) is 3.35. The molecule has 114 valence electrons. The molecule has 3 rings (SSSR count). The van der Waals surface area contributed by atoms with Gasteiger partial charge >= 0.3 is 0 Å². The topological polar surface area (TPSA) is 76.1 Å². The van der Waals surface area contributed by atoms with Gasteiger partial charge in [-0.2, -0.15) is 4.98 Å². The van der Waals surface area contributed by atoms with E-state index in [2.05, 4.69) is 20.6 Å². The van der Waals surface area contributed by atoms with Gasteiger partial charge in [-0.1, -0.05) is 0 Å². The molecule has 0 saturated heterocycles. The molecule has 8 heteroatoms. The lowest BCUT2D eigenvalue weighted by molar-refractivity contribution is -0.129. The zero-order valence-electron chi connectivity index (χ0n) is 11.8. The Morgan fingerprint density at radius 2 is 2.18 bits per heavy atom. The largest absolute Gasteiger partial charge is 0.476 e. The average molecular weight is 323 g/mol. The normalized spacial score (nSPS) is 15.5. The molecule has 0 fully saturated rings. The molecule has 1 aromatic carbocycles. The number of hydrogen-bond donors (Lipinski definition) is 2. The Labute approximate surface area is 130 Å². The Morgan fingerprint density at radius 3 is 2.95 bits per heavy atom. The number of anilines is 3. The van der Waals surface area contributed by atoms with E-state index >= 15 is 0 Å². The molecule has 1 amide bonds. The highest BCUT2D eigenvalue weighted by molar-refractivity contribution is 6.28. The quantitative estimate of drug-likeness (QED) is 0.831. The maximum atomic E-state index is 13.6. The minimum atomic E-state index is -0.936. The Kier molecular flexibility index (Phi) is 3.37. The van der Waals surface area contributed by atoms with Crippen molar-refractivity contribution < 1.29 is 13.9 Å². The summed E-state index contributed by atoms with van der Waals surface area (Å²) in [4.78, 5) is 19.2. The van der Waals surface area contributed by atoms with E-state index in [0.717, 1.165) is 6.20 Å². The lowest BCUT2D eigenvalue weighted by Gasteiger charge is -2.31. The predicted octanol–water partition coefficient (Wildman–Crippen LogP) is 3.12. The van der Waals surface area contributed by atoms with Gasteiger partial charge in [0.1, 0.15) is 5.75 Å². The summed E-state index contributed by atoms with van der Waals surface area (Å²) in [6, 6.07) is 4.99. The van der Waals surface area contributed by atoms with Crippen LogP contribution in [0.2, 0.25) is 5.28 Å². The van der Waals surface area contributed by atoms with Crippen LogP contribution in [-0.2, 0) is 4.79 Å². The molecule has 0 unspecified atom stereocenters. The molecule has 1 aromatic heterocycles. The smallest absolute Gasteiger partial charge is 0.268 e. The highest BCUT2D eigenvalue weighted by Gasteiger charge is 2.35. The van der Waals surface area contributed by atoms with Crippen LogP contribution in [-0.4, -0.2) is 21.5 Å². The van der Waals surface area contributed by atoms with Crippen molar-refractivity contribution in [1.29, 1.82) is 0 Å². The van der Waals surface area contributed by atoms with Gasteiger partial charge in [0.15, 0.2) is 17.2 Å². The molecular formula is C14H12ClFN4O2. The number of benzene rings is 1. The number of halogens is 2. The van der Waals surface area contributed by atoms with Crippen LogP contribution < -0.4 is 15.4 Å². The zero-order valence-corrected chi connectivity index (χ0v) is 12.5. The van der Waals surface area contributed by atoms with E-state index in [4.69, 9.17) is 16.3 Å². The van der Waals surface area contributed by atoms with Gasteiger partial charge in [-0.05, 0) is 43.6 Å². The number of ether oxygens (including phenoxy) is 1. The Bertz CT molecular complexity index is 767. The second-order valence-electron chi connectivity index (χ2n) is 5.24. The van der Waals surface area contributed by atoms with Gasteiger partial charge < -0.3 is 15.4 Å². The standard InChI is InChI=1S/C14H12ClFN4O2/c1-14(2)12(21)19-9-5-7(3-4-10(9)22-14)18-11-8(16)6-17-13(15)20-11/h3-6H,1-2H3,(H,19,21)(H,17,18,20). The fraction of sp³-hybridized carbons (Fsp3) is 0.214. The summed E-state index contributed by atoms with van der Waals surface area (Å²) in [5.41, 5.74) is 0.0831. The van der Waals surface area contributed by atoms with Gasteiger partial charge in [0.05, 0.1) is 11.9 Å². The van der Waals surface area contributed by atoms with Crippen LogP contribution in [0.3, 0.4) is 0 Å². The summed E-state index contributed by atoms with van der Waals surface area (Å²) in [5.74, 6) is -0.406. The van der Waals surface area contributed by atoms with Gasteiger partial charge in [-0.25, -0.2) is 9.37 Å². The number of carbonyl (C=O) groups excluding carboxylic acids is 1. The minimum Gasteiger partial charge on any atom is -0.476 e. The molecule has 2 aromatic rings. The number of amides is 1. The molecule has 2 heterocycles.